The zero-order valence-electron chi connectivity index (χ0n) is 13.9. The van der Waals surface area contributed by atoms with Crippen molar-refractivity contribution >= 4 is 17.0 Å². The number of carbonyl (C=O) groups excluding carboxylic acids is 1. The minimum Gasteiger partial charge on any atom is -0.466 e. The number of fused-ring (bicyclic) bond motifs is 1. The lowest BCUT2D eigenvalue weighted by atomic mass is 10.0. The third-order valence-electron chi connectivity index (χ3n) is 3.99. The lowest BCUT2D eigenvalue weighted by Gasteiger charge is -2.15. The summed E-state index contributed by atoms with van der Waals surface area (Å²) in [4.78, 5) is 18.9. The minimum absolute atomic E-state index is 0.0784. The second-order valence-corrected chi connectivity index (χ2v) is 5.65. The highest BCUT2D eigenvalue weighted by Gasteiger charge is 2.22. The molecule has 3 rings (SSSR count). The van der Waals surface area contributed by atoms with Crippen LogP contribution in [0.3, 0.4) is 0 Å². The molecule has 0 saturated carbocycles. The molecule has 0 saturated heterocycles. The quantitative estimate of drug-likeness (QED) is 0.740. The van der Waals surface area contributed by atoms with Crippen LogP contribution in [0.25, 0.3) is 22.4 Å². The molecule has 3 aromatic heterocycles. The molecule has 0 bridgehead atoms. The van der Waals surface area contributed by atoms with Crippen LogP contribution in [0.15, 0.2) is 21.1 Å². The minimum atomic E-state index is -0.0784. The van der Waals surface area contributed by atoms with E-state index in [1.165, 1.54) is 0 Å². The smallest absolute Gasteiger partial charge is 0.259 e. The van der Waals surface area contributed by atoms with E-state index in [-0.39, 0.29) is 5.91 Å². The Morgan fingerprint density at radius 1 is 1.26 bits per heavy atom. The van der Waals surface area contributed by atoms with E-state index in [0.717, 1.165) is 17.1 Å². The first kappa shape index (κ1) is 15.3. The zero-order chi connectivity index (χ0) is 16.7. The molecule has 23 heavy (non-hydrogen) atoms. The molecule has 6 heteroatoms. The first-order valence-electron chi connectivity index (χ1n) is 7.52. The van der Waals surface area contributed by atoms with Crippen molar-refractivity contribution in [3.63, 3.8) is 0 Å². The van der Waals surface area contributed by atoms with Gasteiger partial charge in [-0.3, -0.25) is 4.79 Å². The molecule has 0 unspecified atom stereocenters. The molecule has 120 valence electrons. The average molecular weight is 313 g/mol. The Balaban J connectivity index is 2.26. The van der Waals surface area contributed by atoms with Gasteiger partial charge in [0.05, 0.1) is 22.3 Å². The number of aryl methyl sites for hydroxylation is 3. The van der Waals surface area contributed by atoms with Gasteiger partial charge in [0.25, 0.3) is 11.6 Å². The lowest BCUT2D eigenvalue weighted by molar-refractivity contribution is 0.0804. The Bertz CT molecular complexity index is 892. The summed E-state index contributed by atoms with van der Waals surface area (Å²) in [6.07, 6.45) is 0. The first-order valence-corrected chi connectivity index (χ1v) is 7.52. The molecule has 3 aromatic rings. The third kappa shape index (κ3) is 2.50. The van der Waals surface area contributed by atoms with Crippen LogP contribution in [0.4, 0.5) is 0 Å². The second kappa shape index (κ2) is 5.53. The van der Waals surface area contributed by atoms with Crippen LogP contribution in [0.5, 0.6) is 0 Å². The van der Waals surface area contributed by atoms with Crippen LogP contribution in [-0.2, 0) is 0 Å². The summed E-state index contributed by atoms with van der Waals surface area (Å²) in [6, 6.07) is 3.70. The van der Waals surface area contributed by atoms with Gasteiger partial charge in [0, 0.05) is 19.2 Å². The van der Waals surface area contributed by atoms with Gasteiger partial charge < -0.3 is 13.8 Å². The van der Waals surface area contributed by atoms with Crippen LogP contribution in [-0.4, -0.2) is 34.5 Å². The molecule has 0 aliphatic carbocycles. The molecular formula is C17H19N3O3. The van der Waals surface area contributed by atoms with Gasteiger partial charge in [0.1, 0.15) is 11.5 Å². The van der Waals surface area contributed by atoms with E-state index in [4.69, 9.17) is 8.94 Å². The van der Waals surface area contributed by atoms with E-state index in [1.807, 2.05) is 33.8 Å². The SMILES string of the molecule is CCN(C)C(=O)c1cc(-c2cc(C)oc2C)nc2onc(C)c12. The summed E-state index contributed by atoms with van der Waals surface area (Å²) < 4.78 is 10.9. The van der Waals surface area contributed by atoms with E-state index in [1.54, 1.807) is 18.0 Å². The molecule has 1 amide bonds. The highest BCUT2D eigenvalue weighted by Crippen LogP contribution is 2.30. The molecule has 0 atom stereocenters. The summed E-state index contributed by atoms with van der Waals surface area (Å²) in [6.45, 7) is 8.11. The molecule has 0 aliphatic heterocycles. The Morgan fingerprint density at radius 3 is 2.61 bits per heavy atom. The van der Waals surface area contributed by atoms with Crippen molar-refractivity contribution < 1.29 is 13.7 Å². The predicted molar refractivity (Wildman–Crippen MR) is 86.4 cm³/mol. The van der Waals surface area contributed by atoms with Gasteiger partial charge in [-0.25, -0.2) is 4.98 Å². The van der Waals surface area contributed by atoms with E-state index >= 15 is 0 Å². The molecule has 6 nitrogen and oxygen atoms in total. The van der Waals surface area contributed by atoms with E-state index < -0.39 is 0 Å². The van der Waals surface area contributed by atoms with Gasteiger partial charge >= 0.3 is 0 Å². The largest absolute Gasteiger partial charge is 0.466 e. The highest BCUT2D eigenvalue weighted by atomic mass is 16.5. The maximum atomic E-state index is 12.7. The Labute approximate surface area is 134 Å². The molecular weight excluding hydrogens is 294 g/mol. The molecule has 0 aromatic carbocycles. The van der Waals surface area contributed by atoms with Crippen molar-refractivity contribution in [3.05, 3.63) is 34.9 Å². The molecule has 3 heterocycles. The van der Waals surface area contributed by atoms with Crippen molar-refractivity contribution in [1.29, 1.82) is 0 Å². The number of hydrogen-bond donors (Lipinski definition) is 0. The van der Waals surface area contributed by atoms with Crippen LogP contribution < -0.4 is 0 Å². The molecule has 0 spiro atoms. The van der Waals surface area contributed by atoms with Gasteiger partial charge in [-0.05, 0) is 39.8 Å². The number of furan rings is 1. The van der Waals surface area contributed by atoms with Crippen LogP contribution in [0.1, 0.15) is 34.5 Å². The van der Waals surface area contributed by atoms with E-state index in [9.17, 15) is 4.79 Å². The molecule has 0 aliphatic rings. The summed E-state index contributed by atoms with van der Waals surface area (Å²) in [5.74, 6) is 1.48. The fourth-order valence-electron chi connectivity index (χ4n) is 2.64. The van der Waals surface area contributed by atoms with Gasteiger partial charge in [-0.2, -0.15) is 0 Å². The summed E-state index contributed by atoms with van der Waals surface area (Å²) in [5.41, 5.74) is 3.08. The van der Waals surface area contributed by atoms with Crippen LogP contribution in [0.2, 0.25) is 0 Å². The predicted octanol–water partition coefficient (Wildman–Crippen LogP) is 3.50. The first-order chi connectivity index (χ1) is 10.9. The van der Waals surface area contributed by atoms with Crippen molar-refractivity contribution in [3.8, 4) is 11.3 Å². The Morgan fingerprint density at radius 2 is 2.00 bits per heavy atom. The van der Waals surface area contributed by atoms with Crippen molar-refractivity contribution in [2.75, 3.05) is 13.6 Å². The van der Waals surface area contributed by atoms with Crippen LogP contribution >= 0.6 is 0 Å². The van der Waals surface area contributed by atoms with Crippen molar-refractivity contribution in [2.24, 2.45) is 0 Å². The number of aromatic nitrogens is 2. The topological polar surface area (TPSA) is 72.4 Å². The maximum Gasteiger partial charge on any atom is 0.259 e. The monoisotopic (exact) mass is 313 g/mol. The molecule has 0 fully saturated rings. The normalized spacial score (nSPS) is 11.2. The number of amides is 1. The Hall–Kier alpha value is -2.63. The average Bonchev–Trinajstić information content (AvgIpc) is 3.07. The summed E-state index contributed by atoms with van der Waals surface area (Å²) in [5, 5.41) is 4.62. The van der Waals surface area contributed by atoms with Gasteiger partial charge in [-0.1, -0.05) is 5.16 Å². The van der Waals surface area contributed by atoms with Crippen molar-refractivity contribution in [2.45, 2.75) is 27.7 Å². The zero-order valence-corrected chi connectivity index (χ0v) is 13.9. The third-order valence-corrected chi connectivity index (χ3v) is 3.99. The summed E-state index contributed by atoms with van der Waals surface area (Å²) >= 11 is 0. The number of pyridine rings is 1. The molecule has 0 radical (unpaired) electrons. The lowest BCUT2D eigenvalue weighted by Crippen LogP contribution is -2.26. The summed E-state index contributed by atoms with van der Waals surface area (Å²) in [7, 11) is 1.77. The van der Waals surface area contributed by atoms with Crippen LogP contribution in [0, 0.1) is 20.8 Å². The fraction of sp³-hybridized carbons (Fsp3) is 0.353. The Kier molecular flexibility index (Phi) is 3.67. The van der Waals surface area contributed by atoms with E-state index in [2.05, 4.69) is 10.1 Å². The van der Waals surface area contributed by atoms with Gasteiger partial charge in [0.15, 0.2) is 0 Å². The van der Waals surface area contributed by atoms with Gasteiger partial charge in [0.2, 0.25) is 0 Å². The fourth-order valence-corrected chi connectivity index (χ4v) is 2.64. The van der Waals surface area contributed by atoms with Crippen molar-refractivity contribution in [1.82, 2.24) is 15.0 Å². The number of nitrogens with zero attached hydrogens (tertiary/aromatic N) is 3. The number of rotatable bonds is 3. The molecule has 0 N–H and O–H groups in total. The van der Waals surface area contributed by atoms with E-state index in [0.29, 0.717) is 34.6 Å². The standard InChI is InChI=1S/C17H19N3O3/c1-6-20(5)17(21)13-8-14(12-7-9(2)22-11(12)4)18-16-15(13)10(3)19-23-16/h7-8H,6H2,1-5H3. The maximum absolute atomic E-state index is 12.7. The second-order valence-electron chi connectivity index (χ2n) is 5.65. The number of carbonyl (C=O) groups is 1. The highest BCUT2D eigenvalue weighted by molar-refractivity contribution is 6.06. The van der Waals surface area contributed by atoms with Gasteiger partial charge in [-0.15, -0.1) is 0 Å². The number of hydrogen-bond acceptors (Lipinski definition) is 5.